The highest BCUT2D eigenvalue weighted by atomic mass is 32.1. The molecule has 1 aromatic heterocycles. The first-order chi connectivity index (χ1) is 10.1. The Labute approximate surface area is 127 Å². The summed E-state index contributed by atoms with van der Waals surface area (Å²) in [6.45, 7) is 1.88. The van der Waals surface area contributed by atoms with Crippen LogP contribution in [0, 0.1) is 18.8 Å². The Morgan fingerprint density at radius 1 is 1.38 bits per heavy atom. The fourth-order valence-corrected chi connectivity index (χ4v) is 2.59. The molecule has 2 aromatic rings. The zero-order valence-corrected chi connectivity index (χ0v) is 12.3. The van der Waals surface area contributed by atoms with Gasteiger partial charge in [-0.3, -0.25) is 4.79 Å². The van der Waals surface area contributed by atoms with Crippen molar-refractivity contribution in [1.29, 1.82) is 0 Å². The number of phenolic OH excluding ortho intramolecular Hbond substituents is 1. The number of nitrogens with one attached hydrogen (secondary N) is 1. The summed E-state index contributed by atoms with van der Waals surface area (Å²) >= 11 is 1.48. The number of benzene rings is 1. The van der Waals surface area contributed by atoms with E-state index in [1.807, 2.05) is 11.4 Å². The molecule has 2 rings (SSSR count). The number of aromatic hydroxyl groups is 1. The van der Waals surface area contributed by atoms with E-state index in [4.69, 9.17) is 5.11 Å². The first-order valence-electron chi connectivity index (χ1n) is 6.36. The Morgan fingerprint density at radius 3 is 2.95 bits per heavy atom. The van der Waals surface area contributed by atoms with E-state index in [2.05, 4.69) is 17.2 Å². The zero-order valence-electron chi connectivity index (χ0n) is 11.5. The Bertz CT molecular complexity index is 710. The van der Waals surface area contributed by atoms with Gasteiger partial charge in [-0.05, 0) is 30.0 Å². The van der Waals surface area contributed by atoms with Crippen molar-refractivity contribution in [2.24, 2.45) is 0 Å². The molecular formula is C16H15NO3S. The Kier molecular flexibility index (Phi) is 4.99. The number of hydrogen-bond acceptors (Lipinski definition) is 4. The van der Waals surface area contributed by atoms with Crippen molar-refractivity contribution in [1.82, 2.24) is 5.32 Å². The molecule has 0 bridgehead atoms. The molecule has 0 aliphatic heterocycles. The molecule has 3 N–H and O–H groups in total. The van der Waals surface area contributed by atoms with Crippen molar-refractivity contribution in [2.45, 2.75) is 13.5 Å². The zero-order chi connectivity index (χ0) is 15.2. The second-order valence-electron chi connectivity index (χ2n) is 4.37. The Morgan fingerprint density at radius 2 is 2.19 bits per heavy atom. The number of rotatable bonds is 3. The largest absolute Gasteiger partial charge is 0.507 e. The molecule has 4 nitrogen and oxygen atoms in total. The second-order valence-corrected chi connectivity index (χ2v) is 5.37. The van der Waals surface area contributed by atoms with Crippen LogP contribution in [0.4, 0.5) is 0 Å². The molecule has 1 aromatic carbocycles. The van der Waals surface area contributed by atoms with Crippen LogP contribution in [0.5, 0.6) is 5.75 Å². The van der Waals surface area contributed by atoms with Crippen molar-refractivity contribution in [3.05, 3.63) is 51.2 Å². The van der Waals surface area contributed by atoms with Gasteiger partial charge in [0.25, 0.3) is 5.91 Å². The van der Waals surface area contributed by atoms with Crippen LogP contribution in [0.25, 0.3) is 0 Å². The van der Waals surface area contributed by atoms with Crippen LogP contribution < -0.4 is 5.32 Å². The highest BCUT2D eigenvalue weighted by molar-refractivity contribution is 7.10. The topological polar surface area (TPSA) is 69.6 Å². The predicted octanol–water partition coefficient (Wildman–Crippen LogP) is 2.04. The maximum atomic E-state index is 12.1. The molecule has 21 heavy (non-hydrogen) atoms. The summed E-state index contributed by atoms with van der Waals surface area (Å²) in [4.78, 5) is 13.0. The molecule has 1 amide bonds. The van der Waals surface area contributed by atoms with E-state index >= 15 is 0 Å². The van der Waals surface area contributed by atoms with Crippen molar-refractivity contribution >= 4 is 17.2 Å². The summed E-state index contributed by atoms with van der Waals surface area (Å²) in [5.41, 5.74) is 1.71. The summed E-state index contributed by atoms with van der Waals surface area (Å²) < 4.78 is 0. The molecule has 0 saturated carbocycles. The maximum absolute atomic E-state index is 12.1. The molecule has 0 spiro atoms. The summed E-state index contributed by atoms with van der Waals surface area (Å²) in [5.74, 6) is 5.10. The Hall–Kier alpha value is -2.29. The minimum atomic E-state index is -0.328. The Balaban J connectivity index is 2.08. The van der Waals surface area contributed by atoms with Crippen LogP contribution in [0.15, 0.2) is 29.6 Å². The second kappa shape index (κ2) is 6.93. The lowest BCUT2D eigenvalue weighted by atomic mass is 10.1. The molecule has 0 unspecified atom stereocenters. The first-order valence-corrected chi connectivity index (χ1v) is 7.24. The van der Waals surface area contributed by atoms with Crippen molar-refractivity contribution in [3.63, 3.8) is 0 Å². The van der Waals surface area contributed by atoms with E-state index in [1.54, 1.807) is 25.1 Å². The normalized spacial score (nSPS) is 9.81. The van der Waals surface area contributed by atoms with Crippen molar-refractivity contribution < 1.29 is 15.0 Å². The van der Waals surface area contributed by atoms with Gasteiger partial charge in [0.15, 0.2) is 0 Å². The number of carbonyl (C=O) groups is 1. The smallest absolute Gasteiger partial charge is 0.255 e. The lowest BCUT2D eigenvalue weighted by Crippen LogP contribution is -2.22. The van der Waals surface area contributed by atoms with Crippen LogP contribution in [-0.4, -0.2) is 22.7 Å². The number of aryl methyl sites for hydroxylation is 1. The van der Waals surface area contributed by atoms with Gasteiger partial charge in [-0.2, -0.15) is 0 Å². The molecular weight excluding hydrogens is 286 g/mol. The van der Waals surface area contributed by atoms with Crippen LogP contribution in [-0.2, 0) is 6.54 Å². The summed E-state index contributed by atoms with van der Waals surface area (Å²) in [5, 5.41) is 23.2. The van der Waals surface area contributed by atoms with Gasteiger partial charge in [0.1, 0.15) is 12.4 Å². The molecule has 0 aliphatic carbocycles. The average molecular weight is 301 g/mol. The summed E-state index contributed by atoms with van der Waals surface area (Å²) in [6, 6.07) is 6.90. The number of aliphatic hydroxyl groups excluding tert-OH is 1. The van der Waals surface area contributed by atoms with E-state index in [0.29, 0.717) is 12.1 Å². The minimum Gasteiger partial charge on any atom is -0.507 e. The number of amides is 1. The highest BCUT2D eigenvalue weighted by Crippen LogP contribution is 2.21. The van der Waals surface area contributed by atoms with Gasteiger partial charge in [-0.1, -0.05) is 24.0 Å². The molecule has 0 atom stereocenters. The lowest BCUT2D eigenvalue weighted by Gasteiger charge is -2.08. The van der Waals surface area contributed by atoms with Gasteiger partial charge in [0, 0.05) is 10.4 Å². The third-order valence-electron chi connectivity index (χ3n) is 2.94. The number of aliphatic hydroxyl groups is 1. The number of carbonyl (C=O) groups excluding carboxylic acids is 1. The molecule has 0 radical (unpaired) electrons. The average Bonchev–Trinajstić information content (AvgIpc) is 2.93. The summed E-state index contributed by atoms with van der Waals surface area (Å²) in [6.07, 6.45) is 0. The fraction of sp³-hybridized carbons (Fsp3) is 0.188. The third-order valence-corrected chi connectivity index (χ3v) is 3.86. The van der Waals surface area contributed by atoms with Gasteiger partial charge in [0.2, 0.25) is 0 Å². The maximum Gasteiger partial charge on any atom is 0.255 e. The SMILES string of the molecule is Cc1cccc(C(=O)NCc2sccc2C#CCO)c1O. The summed E-state index contributed by atoms with van der Waals surface area (Å²) in [7, 11) is 0. The standard InChI is InChI=1S/C16H15NO3S/c1-11-4-2-6-13(15(11)19)16(20)17-10-14-12(5-3-8-18)7-9-21-14/h2,4,6-7,9,18-19H,8,10H2,1H3,(H,17,20). The van der Waals surface area contributed by atoms with Crippen molar-refractivity contribution in [3.8, 4) is 17.6 Å². The molecule has 5 heteroatoms. The lowest BCUT2D eigenvalue weighted by molar-refractivity contribution is 0.0948. The molecule has 1 heterocycles. The monoisotopic (exact) mass is 301 g/mol. The van der Waals surface area contributed by atoms with E-state index < -0.39 is 0 Å². The van der Waals surface area contributed by atoms with E-state index in [0.717, 1.165) is 10.4 Å². The molecule has 0 aliphatic rings. The number of hydrogen-bond donors (Lipinski definition) is 3. The van der Waals surface area contributed by atoms with Gasteiger partial charge >= 0.3 is 0 Å². The quantitative estimate of drug-likeness (QED) is 0.760. The van der Waals surface area contributed by atoms with E-state index in [-0.39, 0.29) is 23.8 Å². The first kappa shape index (κ1) is 15.1. The molecule has 108 valence electrons. The van der Waals surface area contributed by atoms with E-state index in [9.17, 15) is 9.90 Å². The van der Waals surface area contributed by atoms with Gasteiger partial charge in [0.05, 0.1) is 12.1 Å². The van der Waals surface area contributed by atoms with Crippen molar-refractivity contribution in [2.75, 3.05) is 6.61 Å². The van der Waals surface area contributed by atoms with Crippen LogP contribution >= 0.6 is 11.3 Å². The van der Waals surface area contributed by atoms with Gasteiger partial charge < -0.3 is 15.5 Å². The number of para-hydroxylation sites is 1. The molecule has 0 fully saturated rings. The molecule has 0 saturated heterocycles. The fourth-order valence-electron chi connectivity index (χ4n) is 1.82. The minimum absolute atomic E-state index is 0.00137. The van der Waals surface area contributed by atoms with Crippen LogP contribution in [0.1, 0.15) is 26.4 Å². The third kappa shape index (κ3) is 3.63. The van der Waals surface area contributed by atoms with Crippen LogP contribution in [0.2, 0.25) is 0 Å². The van der Waals surface area contributed by atoms with E-state index in [1.165, 1.54) is 11.3 Å². The predicted molar refractivity (Wildman–Crippen MR) is 82.3 cm³/mol. The number of phenols is 1. The van der Waals surface area contributed by atoms with Crippen LogP contribution in [0.3, 0.4) is 0 Å². The number of thiophene rings is 1. The highest BCUT2D eigenvalue weighted by Gasteiger charge is 2.12. The van der Waals surface area contributed by atoms with Gasteiger partial charge in [-0.15, -0.1) is 11.3 Å². The van der Waals surface area contributed by atoms with Gasteiger partial charge in [-0.25, -0.2) is 0 Å².